The molecule has 4 rings (SSSR count). The molecule has 0 aliphatic rings. The molecule has 1 N–H and O–H groups in total. The topological polar surface area (TPSA) is 42.2 Å². The first-order chi connectivity index (χ1) is 12.7. The van der Waals surface area contributed by atoms with E-state index in [2.05, 4.69) is 53.2 Å². The van der Waals surface area contributed by atoms with Crippen LogP contribution in [0.25, 0.3) is 22.0 Å². The highest BCUT2D eigenvalue weighted by Crippen LogP contribution is 2.22. The maximum absolute atomic E-state index is 11.0. The van der Waals surface area contributed by atoms with Crippen LogP contribution in [0.5, 0.6) is 0 Å². The molecular formula is C23H19NO2. The lowest BCUT2D eigenvalue weighted by molar-refractivity contribution is -0.136. The summed E-state index contributed by atoms with van der Waals surface area (Å²) in [5, 5.41) is 10.1. The van der Waals surface area contributed by atoms with Crippen LogP contribution in [0, 0.1) is 0 Å². The fourth-order valence-electron chi connectivity index (χ4n) is 3.28. The molecular weight excluding hydrogens is 322 g/mol. The molecule has 1 heterocycles. The van der Waals surface area contributed by atoms with Gasteiger partial charge in [0.25, 0.3) is 0 Å². The van der Waals surface area contributed by atoms with Gasteiger partial charge < -0.3 is 9.67 Å². The molecule has 0 fully saturated rings. The zero-order valence-electron chi connectivity index (χ0n) is 14.3. The number of aliphatic carboxylic acids is 1. The first-order valence-electron chi connectivity index (χ1n) is 8.63. The van der Waals surface area contributed by atoms with Gasteiger partial charge in [0.15, 0.2) is 0 Å². The fraction of sp³-hybridized carbons (Fsp3) is 0.0870. The molecule has 0 amide bonds. The third kappa shape index (κ3) is 3.38. The number of carbonyl (C=O) groups is 1. The van der Waals surface area contributed by atoms with Crippen molar-refractivity contribution < 1.29 is 9.90 Å². The van der Waals surface area contributed by atoms with E-state index < -0.39 is 5.97 Å². The Morgan fingerprint density at radius 2 is 1.50 bits per heavy atom. The van der Waals surface area contributed by atoms with Crippen molar-refractivity contribution in [3.8, 4) is 11.1 Å². The average molecular weight is 341 g/mol. The summed E-state index contributed by atoms with van der Waals surface area (Å²) in [5.74, 6) is -0.807. The highest BCUT2D eigenvalue weighted by atomic mass is 16.4. The first kappa shape index (κ1) is 16.2. The number of fused-ring (bicyclic) bond motifs is 1. The van der Waals surface area contributed by atoms with Gasteiger partial charge in [0.2, 0.25) is 0 Å². The summed E-state index contributed by atoms with van der Waals surface area (Å²) in [6.07, 6.45) is 2.10. The van der Waals surface area contributed by atoms with Gasteiger partial charge in [0.1, 0.15) is 0 Å². The summed E-state index contributed by atoms with van der Waals surface area (Å²) in [7, 11) is 0. The number of carboxylic acid groups (broad SMARTS) is 1. The van der Waals surface area contributed by atoms with Gasteiger partial charge in [-0.2, -0.15) is 0 Å². The molecule has 26 heavy (non-hydrogen) atoms. The van der Waals surface area contributed by atoms with Crippen LogP contribution in [-0.2, 0) is 17.8 Å². The second-order valence-electron chi connectivity index (χ2n) is 6.47. The third-order valence-electron chi connectivity index (χ3n) is 4.61. The zero-order chi connectivity index (χ0) is 17.9. The van der Waals surface area contributed by atoms with E-state index in [1.165, 1.54) is 16.7 Å². The predicted octanol–water partition coefficient (Wildman–Crippen LogP) is 4.98. The quantitative estimate of drug-likeness (QED) is 0.556. The van der Waals surface area contributed by atoms with Crippen molar-refractivity contribution in [1.82, 2.24) is 4.57 Å². The maximum atomic E-state index is 11.0. The van der Waals surface area contributed by atoms with E-state index in [9.17, 15) is 4.79 Å². The van der Waals surface area contributed by atoms with Crippen LogP contribution in [0.15, 0.2) is 85.1 Å². The third-order valence-corrected chi connectivity index (χ3v) is 4.61. The summed E-state index contributed by atoms with van der Waals surface area (Å²) >= 11 is 0. The largest absolute Gasteiger partial charge is 0.481 e. The Morgan fingerprint density at radius 3 is 2.23 bits per heavy atom. The SMILES string of the molecule is O=C(O)Cc1ccc2ccn(Cc3ccc(-c4ccccc4)cc3)c2c1. The van der Waals surface area contributed by atoms with Gasteiger partial charge in [-0.15, -0.1) is 0 Å². The van der Waals surface area contributed by atoms with Crippen molar-refractivity contribution in [3.05, 3.63) is 96.2 Å². The maximum Gasteiger partial charge on any atom is 0.307 e. The zero-order valence-corrected chi connectivity index (χ0v) is 14.3. The van der Waals surface area contributed by atoms with Crippen molar-refractivity contribution in [2.45, 2.75) is 13.0 Å². The molecule has 0 aliphatic carbocycles. The molecule has 0 spiro atoms. The molecule has 0 radical (unpaired) electrons. The van der Waals surface area contributed by atoms with Crippen LogP contribution < -0.4 is 0 Å². The lowest BCUT2D eigenvalue weighted by Gasteiger charge is -2.08. The Labute approximate surface area is 152 Å². The molecule has 3 nitrogen and oxygen atoms in total. The fourth-order valence-corrected chi connectivity index (χ4v) is 3.28. The van der Waals surface area contributed by atoms with Crippen LogP contribution in [0.3, 0.4) is 0 Å². The van der Waals surface area contributed by atoms with Crippen LogP contribution in [0.1, 0.15) is 11.1 Å². The van der Waals surface area contributed by atoms with E-state index in [1.807, 2.05) is 36.4 Å². The van der Waals surface area contributed by atoms with Crippen molar-refractivity contribution in [2.24, 2.45) is 0 Å². The molecule has 128 valence electrons. The number of rotatable bonds is 5. The van der Waals surface area contributed by atoms with E-state index in [1.54, 1.807) is 0 Å². The summed E-state index contributed by atoms with van der Waals surface area (Å²) < 4.78 is 2.16. The van der Waals surface area contributed by atoms with Gasteiger partial charge in [-0.05, 0) is 39.8 Å². The predicted molar refractivity (Wildman–Crippen MR) is 104 cm³/mol. The number of hydrogen-bond acceptors (Lipinski definition) is 1. The Kier molecular flexibility index (Phi) is 4.28. The van der Waals surface area contributed by atoms with Crippen molar-refractivity contribution in [3.63, 3.8) is 0 Å². The Bertz CT molecular complexity index is 1050. The summed E-state index contributed by atoms with van der Waals surface area (Å²) in [6, 6.07) is 26.8. The number of hydrogen-bond donors (Lipinski definition) is 1. The van der Waals surface area contributed by atoms with Crippen molar-refractivity contribution in [1.29, 1.82) is 0 Å². The number of aromatic nitrogens is 1. The molecule has 0 bridgehead atoms. The van der Waals surface area contributed by atoms with Gasteiger partial charge in [-0.3, -0.25) is 4.79 Å². The van der Waals surface area contributed by atoms with Crippen LogP contribution in [0.2, 0.25) is 0 Å². The van der Waals surface area contributed by atoms with Gasteiger partial charge >= 0.3 is 5.97 Å². The second kappa shape index (κ2) is 6.89. The number of nitrogens with zero attached hydrogens (tertiary/aromatic N) is 1. The Balaban J connectivity index is 1.59. The second-order valence-corrected chi connectivity index (χ2v) is 6.47. The molecule has 0 saturated carbocycles. The summed E-state index contributed by atoms with van der Waals surface area (Å²) in [5.41, 5.74) is 5.52. The highest BCUT2D eigenvalue weighted by Gasteiger charge is 2.06. The van der Waals surface area contributed by atoms with Crippen LogP contribution >= 0.6 is 0 Å². The van der Waals surface area contributed by atoms with E-state index in [-0.39, 0.29) is 6.42 Å². The van der Waals surface area contributed by atoms with E-state index in [0.717, 1.165) is 23.0 Å². The molecule has 1 aromatic heterocycles. The molecule has 0 unspecified atom stereocenters. The highest BCUT2D eigenvalue weighted by molar-refractivity contribution is 5.82. The lowest BCUT2D eigenvalue weighted by atomic mass is 10.0. The lowest BCUT2D eigenvalue weighted by Crippen LogP contribution is -2.01. The summed E-state index contributed by atoms with van der Waals surface area (Å²) in [6.45, 7) is 0.759. The average Bonchev–Trinajstić information content (AvgIpc) is 3.05. The molecule has 0 aliphatic heterocycles. The van der Waals surface area contributed by atoms with Gasteiger partial charge in [-0.1, -0.05) is 66.7 Å². The molecule has 4 aromatic rings. The number of carboxylic acids is 1. The standard InChI is InChI=1S/C23H19NO2/c25-23(26)15-18-8-11-21-12-13-24(22(21)14-18)16-17-6-9-20(10-7-17)19-4-2-1-3-5-19/h1-14H,15-16H2,(H,25,26). The van der Waals surface area contributed by atoms with Crippen molar-refractivity contribution in [2.75, 3.05) is 0 Å². The minimum absolute atomic E-state index is 0.0485. The minimum Gasteiger partial charge on any atom is -0.481 e. The first-order valence-corrected chi connectivity index (χ1v) is 8.63. The van der Waals surface area contributed by atoms with Gasteiger partial charge in [-0.25, -0.2) is 0 Å². The Morgan fingerprint density at radius 1 is 0.808 bits per heavy atom. The van der Waals surface area contributed by atoms with Crippen molar-refractivity contribution >= 4 is 16.9 Å². The monoisotopic (exact) mass is 341 g/mol. The minimum atomic E-state index is -0.807. The number of benzene rings is 3. The summed E-state index contributed by atoms with van der Waals surface area (Å²) in [4.78, 5) is 11.0. The molecule has 0 atom stereocenters. The van der Waals surface area contributed by atoms with E-state index in [4.69, 9.17) is 5.11 Å². The molecule has 3 aromatic carbocycles. The normalized spacial score (nSPS) is 10.9. The molecule has 0 saturated heterocycles. The molecule has 3 heteroatoms. The van der Waals surface area contributed by atoms with Gasteiger partial charge in [0, 0.05) is 18.3 Å². The smallest absolute Gasteiger partial charge is 0.307 e. The van der Waals surface area contributed by atoms with Gasteiger partial charge in [0.05, 0.1) is 6.42 Å². The van der Waals surface area contributed by atoms with E-state index in [0.29, 0.717) is 0 Å². The van der Waals surface area contributed by atoms with Crippen LogP contribution in [0.4, 0.5) is 0 Å². The van der Waals surface area contributed by atoms with Crippen LogP contribution in [-0.4, -0.2) is 15.6 Å². The Hall–Kier alpha value is -3.33. The van der Waals surface area contributed by atoms with E-state index >= 15 is 0 Å².